The fraction of sp³-hybridized carbons (Fsp3) is 0.400. The predicted molar refractivity (Wildman–Crippen MR) is 138 cm³/mol. The number of carbonyl (C=O) groups excluding carboxylic acids is 2. The van der Waals surface area contributed by atoms with E-state index in [-0.39, 0.29) is 48.1 Å². The maximum absolute atomic E-state index is 13.0. The Labute approximate surface area is 213 Å². The van der Waals surface area contributed by atoms with E-state index >= 15 is 0 Å². The number of carboxylic acids is 1. The van der Waals surface area contributed by atoms with Crippen molar-refractivity contribution in [3.05, 3.63) is 53.4 Å². The molecule has 198 valence electrons. The number of amides is 2. The zero-order valence-corrected chi connectivity index (χ0v) is 21.1. The molecular formula is C25H33N7O5. The molecule has 3 rings (SSSR count). The number of nitrogens with zero attached hydrogens (tertiary/aromatic N) is 2. The molecule has 0 aliphatic heterocycles. The highest BCUT2D eigenvalue weighted by Crippen LogP contribution is 2.24. The first kappa shape index (κ1) is 27.2. The average molecular weight is 512 g/mol. The molecule has 2 heterocycles. The molecule has 0 saturated carbocycles. The molecule has 0 radical (unpaired) electrons. The maximum Gasteiger partial charge on any atom is 0.326 e. The van der Waals surface area contributed by atoms with Gasteiger partial charge in [-0.15, -0.1) is 0 Å². The van der Waals surface area contributed by atoms with Crippen LogP contribution in [0.25, 0.3) is 10.9 Å². The van der Waals surface area contributed by atoms with Crippen molar-refractivity contribution in [3.63, 3.8) is 0 Å². The minimum Gasteiger partial charge on any atom is -0.480 e. The monoisotopic (exact) mass is 511 g/mol. The lowest BCUT2D eigenvalue weighted by molar-refractivity contribution is -0.139. The first-order chi connectivity index (χ1) is 17.5. The van der Waals surface area contributed by atoms with Gasteiger partial charge in [-0.3, -0.25) is 14.6 Å². The summed E-state index contributed by atoms with van der Waals surface area (Å²) in [5, 5.41) is 15.8. The third-order valence-electron chi connectivity index (χ3n) is 5.66. The van der Waals surface area contributed by atoms with Gasteiger partial charge in [-0.25, -0.2) is 9.78 Å². The number of para-hydroxylation sites is 1. The Morgan fingerprint density at radius 3 is 2.54 bits per heavy atom. The summed E-state index contributed by atoms with van der Waals surface area (Å²) in [7, 11) is 0. The van der Waals surface area contributed by atoms with Crippen molar-refractivity contribution >= 4 is 34.6 Å². The average Bonchev–Trinajstić information content (AvgIpc) is 3.43. The van der Waals surface area contributed by atoms with Crippen LogP contribution >= 0.6 is 0 Å². The van der Waals surface area contributed by atoms with Gasteiger partial charge in [0.15, 0.2) is 11.7 Å². The van der Waals surface area contributed by atoms with Gasteiger partial charge in [0.25, 0.3) is 11.8 Å². The fourth-order valence-electron chi connectivity index (χ4n) is 3.89. The summed E-state index contributed by atoms with van der Waals surface area (Å²) in [6.45, 7) is 5.78. The lowest BCUT2D eigenvalue weighted by atomic mass is 10.0. The second-order valence-corrected chi connectivity index (χ2v) is 9.20. The van der Waals surface area contributed by atoms with Crippen LogP contribution in [0.3, 0.4) is 0 Å². The summed E-state index contributed by atoms with van der Waals surface area (Å²) in [4.78, 5) is 48.8. The standard InChI is InChI=1S/C25H33N7O5/c1-13(2)11-19(31-21(33)18-12-15-7-4-5-8-16(15)29-18)23-32-20(14(3)37-23)22(34)30-17(24(35)36)9-6-10-28-25(26)27/h4-5,7-8,12-13,17,19,29H,6,9-11H2,1-3H3,(H,30,34)(H,31,33)(H,35,36)(H4,26,27,28)/t17-,19-/m0/s1. The van der Waals surface area contributed by atoms with Gasteiger partial charge in [0.2, 0.25) is 5.89 Å². The summed E-state index contributed by atoms with van der Waals surface area (Å²) < 4.78 is 5.77. The lowest BCUT2D eigenvalue weighted by Crippen LogP contribution is -2.41. The highest BCUT2D eigenvalue weighted by molar-refractivity contribution is 5.98. The van der Waals surface area contributed by atoms with Gasteiger partial charge in [-0.2, -0.15) is 0 Å². The number of aliphatic imine (C=N–C) groups is 1. The third-order valence-corrected chi connectivity index (χ3v) is 5.66. The Kier molecular flexibility index (Phi) is 8.88. The van der Waals surface area contributed by atoms with Gasteiger partial charge in [0.05, 0.1) is 0 Å². The van der Waals surface area contributed by atoms with Gasteiger partial charge in [-0.05, 0) is 44.2 Å². The number of rotatable bonds is 12. The molecule has 0 saturated heterocycles. The number of guanidine groups is 1. The second-order valence-electron chi connectivity index (χ2n) is 9.20. The molecule has 37 heavy (non-hydrogen) atoms. The van der Waals surface area contributed by atoms with Crippen LogP contribution in [0.2, 0.25) is 0 Å². The zero-order chi connectivity index (χ0) is 27.1. The largest absolute Gasteiger partial charge is 0.480 e. The molecule has 2 atom stereocenters. The van der Waals surface area contributed by atoms with E-state index in [2.05, 4.69) is 25.6 Å². The molecule has 0 unspecified atom stereocenters. The first-order valence-corrected chi connectivity index (χ1v) is 12.0. The lowest BCUT2D eigenvalue weighted by Gasteiger charge is -2.17. The molecule has 2 amide bonds. The van der Waals surface area contributed by atoms with E-state index < -0.39 is 24.0 Å². The van der Waals surface area contributed by atoms with Gasteiger partial charge in [0, 0.05) is 17.4 Å². The number of nitrogens with one attached hydrogen (secondary N) is 3. The molecule has 8 N–H and O–H groups in total. The smallest absolute Gasteiger partial charge is 0.326 e. The van der Waals surface area contributed by atoms with E-state index in [0.717, 1.165) is 10.9 Å². The Morgan fingerprint density at radius 1 is 1.16 bits per heavy atom. The van der Waals surface area contributed by atoms with Gasteiger partial charge in [-0.1, -0.05) is 32.0 Å². The van der Waals surface area contributed by atoms with Crippen LogP contribution in [0.15, 0.2) is 39.7 Å². The van der Waals surface area contributed by atoms with Crippen molar-refractivity contribution in [2.45, 2.75) is 52.1 Å². The quantitative estimate of drug-likeness (QED) is 0.121. The number of fused-ring (bicyclic) bond motifs is 1. The fourth-order valence-corrected chi connectivity index (χ4v) is 3.89. The number of hydrogen-bond acceptors (Lipinski definition) is 6. The Morgan fingerprint density at radius 2 is 1.89 bits per heavy atom. The van der Waals surface area contributed by atoms with Crippen LogP contribution in [-0.4, -0.2) is 51.4 Å². The summed E-state index contributed by atoms with van der Waals surface area (Å²) in [6.07, 6.45) is 0.988. The van der Waals surface area contributed by atoms with Crippen molar-refractivity contribution < 1.29 is 23.9 Å². The second kappa shape index (κ2) is 12.1. The number of aromatic nitrogens is 2. The maximum atomic E-state index is 13.0. The number of aromatic amines is 1. The van der Waals surface area contributed by atoms with Gasteiger partial charge in [0.1, 0.15) is 23.5 Å². The van der Waals surface area contributed by atoms with E-state index in [1.165, 1.54) is 0 Å². The zero-order valence-electron chi connectivity index (χ0n) is 21.1. The number of aliphatic carboxylic acids is 1. The Hall–Kier alpha value is -4.35. The highest BCUT2D eigenvalue weighted by Gasteiger charge is 2.28. The molecule has 0 aliphatic rings. The van der Waals surface area contributed by atoms with Crippen LogP contribution in [0.1, 0.15) is 71.8 Å². The molecule has 0 fully saturated rings. The van der Waals surface area contributed by atoms with Gasteiger partial charge < -0.3 is 36.6 Å². The Balaban J connectivity index is 1.75. The minimum atomic E-state index is -1.19. The molecule has 2 aromatic heterocycles. The Bertz CT molecular complexity index is 1260. The number of benzene rings is 1. The highest BCUT2D eigenvalue weighted by atomic mass is 16.4. The summed E-state index contributed by atoms with van der Waals surface area (Å²) >= 11 is 0. The van der Waals surface area contributed by atoms with Crippen LogP contribution in [0, 0.1) is 12.8 Å². The number of aryl methyl sites for hydroxylation is 1. The first-order valence-electron chi connectivity index (χ1n) is 12.0. The van der Waals surface area contributed by atoms with Crippen molar-refractivity contribution in [2.24, 2.45) is 22.4 Å². The third kappa shape index (κ3) is 7.32. The van der Waals surface area contributed by atoms with Gasteiger partial charge >= 0.3 is 5.97 Å². The number of H-pyrrole nitrogens is 1. The summed E-state index contributed by atoms with van der Waals surface area (Å²) in [5.41, 5.74) is 11.7. The van der Waals surface area contributed by atoms with E-state index in [1.807, 2.05) is 38.1 Å². The summed E-state index contributed by atoms with van der Waals surface area (Å²) in [5.74, 6) is -1.75. The van der Waals surface area contributed by atoms with E-state index in [9.17, 15) is 19.5 Å². The van der Waals surface area contributed by atoms with E-state index in [0.29, 0.717) is 18.5 Å². The predicted octanol–water partition coefficient (Wildman–Crippen LogP) is 2.22. The van der Waals surface area contributed by atoms with Crippen LogP contribution in [0.4, 0.5) is 0 Å². The molecule has 3 aromatic rings. The molecule has 1 aromatic carbocycles. The molecule has 0 spiro atoms. The van der Waals surface area contributed by atoms with Crippen LogP contribution < -0.4 is 22.1 Å². The molecule has 0 bridgehead atoms. The molecule has 12 nitrogen and oxygen atoms in total. The van der Waals surface area contributed by atoms with E-state index in [1.54, 1.807) is 13.0 Å². The van der Waals surface area contributed by atoms with Crippen molar-refractivity contribution in [1.82, 2.24) is 20.6 Å². The number of carbonyl (C=O) groups is 3. The van der Waals surface area contributed by atoms with Crippen LogP contribution in [-0.2, 0) is 4.79 Å². The summed E-state index contributed by atoms with van der Waals surface area (Å²) in [6, 6.07) is 7.55. The normalized spacial score (nSPS) is 12.8. The van der Waals surface area contributed by atoms with Crippen LogP contribution in [0.5, 0.6) is 0 Å². The van der Waals surface area contributed by atoms with Crippen molar-refractivity contribution in [3.8, 4) is 0 Å². The minimum absolute atomic E-state index is 0.0425. The number of nitrogens with two attached hydrogens (primary N) is 2. The SMILES string of the molecule is Cc1oc([C@H](CC(C)C)NC(=O)c2cc3ccccc3[nH]2)nc1C(=O)N[C@@H](CCCN=C(N)N)C(=O)O. The molecule has 12 heteroatoms. The number of oxazole rings is 1. The number of carboxylic acid groups (broad SMARTS) is 1. The number of hydrogen-bond donors (Lipinski definition) is 6. The van der Waals surface area contributed by atoms with Crippen molar-refractivity contribution in [1.29, 1.82) is 0 Å². The molecule has 0 aliphatic carbocycles. The topological polar surface area (TPSA) is 202 Å². The van der Waals surface area contributed by atoms with Crippen molar-refractivity contribution in [2.75, 3.05) is 6.54 Å². The molecular weight excluding hydrogens is 478 g/mol. The van der Waals surface area contributed by atoms with E-state index in [4.69, 9.17) is 15.9 Å².